The molecule has 0 saturated heterocycles. The van der Waals surface area contributed by atoms with Gasteiger partial charge in [0.1, 0.15) is 0 Å². The Labute approximate surface area is 146 Å². The maximum Gasteiger partial charge on any atom is 0.308 e. The summed E-state index contributed by atoms with van der Waals surface area (Å²) in [7, 11) is 0. The van der Waals surface area contributed by atoms with Gasteiger partial charge in [0.25, 0.3) is 5.91 Å². The predicted molar refractivity (Wildman–Crippen MR) is 93.2 cm³/mol. The van der Waals surface area contributed by atoms with Gasteiger partial charge in [-0.25, -0.2) is 0 Å². The standard InChI is InChI=1S/C19H23N3O3/c1-19(10-3-2-5-16(19)18(24)25)21-17(23)15-8-6-14(7-9-15)13-22-12-4-11-20-22/h4,6-9,11-12,16H,2-3,5,10,13H2,1H3,(H,21,23)(H,24,25). The van der Waals surface area contributed by atoms with E-state index in [1.807, 2.05) is 36.0 Å². The first kappa shape index (κ1) is 17.2. The van der Waals surface area contributed by atoms with Crippen molar-refractivity contribution in [2.75, 3.05) is 0 Å². The zero-order chi connectivity index (χ0) is 17.9. The van der Waals surface area contributed by atoms with Crippen molar-refractivity contribution in [1.82, 2.24) is 15.1 Å². The third-order valence-corrected chi connectivity index (χ3v) is 5.03. The molecule has 2 unspecified atom stereocenters. The topological polar surface area (TPSA) is 84.2 Å². The van der Waals surface area contributed by atoms with Crippen LogP contribution < -0.4 is 5.32 Å². The molecule has 25 heavy (non-hydrogen) atoms. The first-order chi connectivity index (χ1) is 12.0. The summed E-state index contributed by atoms with van der Waals surface area (Å²) < 4.78 is 1.82. The van der Waals surface area contributed by atoms with Gasteiger partial charge in [-0.15, -0.1) is 0 Å². The van der Waals surface area contributed by atoms with E-state index in [-0.39, 0.29) is 5.91 Å². The Morgan fingerprint density at radius 3 is 2.72 bits per heavy atom. The number of benzene rings is 1. The Bertz CT molecular complexity index is 740. The van der Waals surface area contributed by atoms with Crippen LogP contribution in [0, 0.1) is 5.92 Å². The molecule has 0 bridgehead atoms. The van der Waals surface area contributed by atoms with Gasteiger partial charge in [0.2, 0.25) is 0 Å². The molecule has 1 aliphatic rings. The lowest BCUT2D eigenvalue weighted by Crippen LogP contribution is -2.55. The van der Waals surface area contributed by atoms with Crippen LogP contribution in [0.3, 0.4) is 0 Å². The molecule has 6 nitrogen and oxygen atoms in total. The molecule has 2 N–H and O–H groups in total. The molecule has 1 aromatic heterocycles. The van der Waals surface area contributed by atoms with Crippen molar-refractivity contribution >= 4 is 11.9 Å². The number of hydrogen-bond donors (Lipinski definition) is 2. The number of carboxylic acid groups (broad SMARTS) is 1. The van der Waals surface area contributed by atoms with Gasteiger partial charge < -0.3 is 10.4 Å². The molecule has 132 valence electrons. The van der Waals surface area contributed by atoms with Crippen LogP contribution in [-0.2, 0) is 11.3 Å². The van der Waals surface area contributed by atoms with Crippen LogP contribution in [0.5, 0.6) is 0 Å². The summed E-state index contributed by atoms with van der Waals surface area (Å²) in [5, 5.41) is 16.6. The molecule has 3 rings (SSSR count). The van der Waals surface area contributed by atoms with Crippen molar-refractivity contribution in [3.05, 3.63) is 53.9 Å². The molecule has 1 amide bonds. The Morgan fingerprint density at radius 2 is 2.08 bits per heavy atom. The molecule has 2 atom stereocenters. The maximum atomic E-state index is 12.6. The average molecular weight is 341 g/mol. The molecule has 1 saturated carbocycles. The fourth-order valence-corrected chi connectivity index (χ4v) is 3.55. The number of aromatic nitrogens is 2. The smallest absolute Gasteiger partial charge is 0.308 e. The lowest BCUT2D eigenvalue weighted by molar-refractivity contribution is -0.145. The average Bonchev–Trinajstić information content (AvgIpc) is 3.08. The van der Waals surface area contributed by atoms with Gasteiger partial charge in [-0.3, -0.25) is 14.3 Å². The van der Waals surface area contributed by atoms with Gasteiger partial charge in [-0.2, -0.15) is 5.10 Å². The number of carbonyl (C=O) groups is 2. The summed E-state index contributed by atoms with van der Waals surface area (Å²) in [6.45, 7) is 2.49. The van der Waals surface area contributed by atoms with E-state index < -0.39 is 17.4 Å². The number of hydrogen-bond acceptors (Lipinski definition) is 3. The van der Waals surface area contributed by atoms with Gasteiger partial charge in [0, 0.05) is 18.0 Å². The Balaban J connectivity index is 1.69. The van der Waals surface area contributed by atoms with E-state index in [0.29, 0.717) is 24.9 Å². The molecule has 1 aromatic carbocycles. The first-order valence-electron chi connectivity index (χ1n) is 8.60. The van der Waals surface area contributed by atoms with Crippen LogP contribution in [-0.4, -0.2) is 32.3 Å². The number of nitrogens with zero attached hydrogens (tertiary/aromatic N) is 2. The fourth-order valence-electron chi connectivity index (χ4n) is 3.55. The third-order valence-electron chi connectivity index (χ3n) is 5.03. The van der Waals surface area contributed by atoms with Gasteiger partial charge >= 0.3 is 5.97 Å². The van der Waals surface area contributed by atoms with E-state index in [4.69, 9.17) is 0 Å². The summed E-state index contributed by atoms with van der Waals surface area (Å²) >= 11 is 0. The van der Waals surface area contributed by atoms with E-state index in [0.717, 1.165) is 18.4 Å². The highest BCUT2D eigenvalue weighted by atomic mass is 16.4. The van der Waals surface area contributed by atoms with E-state index in [2.05, 4.69) is 10.4 Å². The number of rotatable bonds is 5. The largest absolute Gasteiger partial charge is 0.481 e. The summed E-state index contributed by atoms with van der Waals surface area (Å²) in [6.07, 6.45) is 6.73. The van der Waals surface area contributed by atoms with Crippen molar-refractivity contribution in [3.63, 3.8) is 0 Å². The molecule has 6 heteroatoms. The fraction of sp³-hybridized carbons (Fsp3) is 0.421. The molecular weight excluding hydrogens is 318 g/mol. The highest BCUT2D eigenvalue weighted by molar-refractivity contribution is 5.95. The number of amides is 1. The van der Waals surface area contributed by atoms with Crippen LogP contribution in [0.2, 0.25) is 0 Å². The van der Waals surface area contributed by atoms with Crippen molar-refractivity contribution in [2.24, 2.45) is 5.92 Å². The van der Waals surface area contributed by atoms with Gasteiger partial charge in [0.15, 0.2) is 0 Å². The van der Waals surface area contributed by atoms with Crippen molar-refractivity contribution in [3.8, 4) is 0 Å². The Kier molecular flexibility index (Phi) is 4.88. The third kappa shape index (κ3) is 3.90. The normalized spacial score (nSPS) is 23.2. The zero-order valence-electron chi connectivity index (χ0n) is 14.3. The second-order valence-electron chi connectivity index (χ2n) is 6.91. The second kappa shape index (κ2) is 7.09. The van der Waals surface area contributed by atoms with E-state index in [1.54, 1.807) is 18.3 Å². The van der Waals surface area contributed by atoms with Crippen molar-refractivity contribution < 1.29 is 14.7 Å². The monoisotopic (exact) mass is 341 g/mol. The summed E-state index contributed by atoms with van der Waals surface area (Å²) in [6, 6.07) is 9.21. The minimum absolute atomic E-state index is 0.221. The zero-order valence-corrected chi connectivity index (χ0v) is 14.3. The molecule has 2 aromatic rings. The predicted octanol–water partition coefficient (Wildman–Crippen LogP) is 2.69. The SMILES string of the molecule is CC1(NC(=O)c2ccc(Cn3cccn3)cc2)CCCCC1C(=O)O. The minimum atomic E-state index is -0.836. The Hall–Kier alpha value is -2.63. The number of nitrogens with one attached hydrogen (secondary N) is 1. The van der Waals surface area contributed by atoms with E-state index in [9.17, 15) is 14.7 Å². The molecule has 0 radical (unpaired) electrons. The molecule has 1 fully saturated rings. The van der Waals surface area contributed by atoms with Crippen LogP contribution in [0.25, 0.3) is 0 Å². The van der Waals surface area contributed by atoms with Crippen LogP contribution in [0.4, 0.5) is 0 Å². The van der Waals surface area contributed by atoms with Gasteiger partial charge in [-0.05, 0) is 43.5 Å². The number of aliphatic carboxylic acids is 1. The van der Waals surface area contributed by atoms with Gasteiger partial charge in [-0.1, -0.05) is 25.0 Å². The van der Waals surface area contributed by atoms with Crippen LogP contribution >= 0.6 is 0 Å². The molecule has 1 heterocycles. The highest BCUT2D eigenvalue weighted by Gasteiger charge is 2.42. The highest BCUT2D eigenvalue weighted by Crippen LogP contribution is 2.34. The molecular formula is C19H23N3O3. The quantitative estimate of drug-likeness (QED) is 0.876. The lowest BCUT2D eigenvalue weighted by Gasteiger charge is -2.39. The van der Waals surface area contributed by atoms with Crippen LogP contribution in [0.1, 0.15) is 48.5 Å². The second-order valence-corrected chi connectivity index (χ2v) is 6.91. The van der Waals surface area contributed by atoms with Crippen LogP contribution in [0.15, 0.2) is 42.7 Å². The van der Waals surface area contributed by atoms with E-state index in [1.165, 1.54) is 0 Å². The summed E-state index contributed by atoms with van der Waals surface area (Å²) in [5.41, 5.74) is 0.891. The summed E-state index contributed by atoms with van der Waals surface area (Å²) in [5.74, 6) is -1.59. The van der Waals surface area contributed by atoms with E-state index >= 15 is 0 Å². The molecule has 0 aliphatic heterocycles. The summed E-state index contributed by atoms with van der Waals surface area (Å²) in [4.78, 5) is 24.1. The molecule has 0 spiro atoms. The minimum Gasteiger partial charge on any atom is -0.481 e. The lowest BCUT2D eigenvalue weighted by atomic mass is 9.73. The Morgan fingerprint density at radius 1 is 1.32 bits per heavy atom. The maximum absolute atomic E-state index is 12.6. The van der Waals surface area contributed by atoms with Crippen molar-refractivity contribution in [1.29, 1.82) is 0 Å². The van der Waals surface area contributed by atoms with Gasteiger partial charge in [0.05, 0.1) is 18.0 Å². The molecule has 1 aliphatic carbocycles. The first-order valence-corrected chi connectivity index (χ1v) is 8.60. The number of carbonyl (C=O) groups excluding carboxylic acids is 1. The van der Waals surface area contributed by atoms with Crippen molar-refractivity contribution in [2.45, 2.75) is 44.7 Å². The number of carboxylic acids is 1.